The maximum atomic E-state index is 12.8. The fourth-order valence-corrected chi connectivity index (χ4v) is 4.56. The third kappa shape index (κ3) is 3.55. The Labute approximate surface area is 181 Å². The van der Waals surface area contributed by atoms with E-state index >= 15 is 0 Å². The number of nitrogens with zero attached hydrogens (tertiary/aromatic N) is 2. The van der Waals surface area contributed by atoms with Crippen molar-refractivity contribution in [3.63, 3.8) is 0 Å². The van der Waals surface area contributed by atoms with E-state index in [0.717, 1.165) is 11.1 Å². The number of anilines is 1. The standard InChI is InChI=1S/C23H19N3O4S/c1-29-18-11-15(7-8-17(18)30-13-14-5-3-2-4-6-14)16-12-19(27)24-21-20(16)22(28)25-23-26(21)9-10-31-23/h2-11,16H,12-13H2,1H3,(H,24,27). The predicted octanol–water partition coefficient (Wildman–Crippen LogP) is 3.82. The number of nitrogens with one attached hydrogen (secondary N) is 1. The number of rotatable bonds is 5. The quantitative estimate of drug-likeness (QED) is 0.518. The van der Waals surface area contributed by atoms with Crippen LogP contribution in [0.15, 0.2) is 64.9 Å². The minimum atomic E-state index is -0.419. The molecule has 0 saturated carbocycles. The first-order valence-corrected chi connectivity index (χ1v) is 10.7. The molecule has 5 rings (SSSR count). The molecule has 0 aliphatic carbocycles. The Morgan fingerprint density at radius 3 is 2.81 bits per heavy atom. The molecule has 8 heteroatoms. The highest BCUT2D eigenvalue weighted by atomic mass is 32.1. The number of amides is 1. The van der Waals surface area contributed by atoms with Crippen LogP contribution in [0.4, 0.5) is 5.82 Å². The summed E-state index contributed by atoms with van der Waals surface area (Å²) in [6.45, 7) is 0.409. The first kappa shape index (κ1) is 19.3. The average molecular weight is 433 g/mol. The topological polar surface area (TPSA) is 81.9 Å². The first-order chi connectivity index (χ1) is 15.1. The van der Waals surface area contributed by atoms with E-state index in [1.54, 1.807) is 17.7 Å². The van der Waals surface area contributed by atoms with Gasteiger partial charge in [-0.15, -0.1) is 11.3 Å². The first-order valence-electron chi connectivity index (χ1n) is 9.78. The van der Waals surface area contributed by atoms with Crippen LogP contribution in [0, 0.1) is 0 Å². The second-order valence-corrected chi connectivity index (χ2v) is 8.10. The van der Waals surface area contributed by atoms with Gasteiger partial charge in [-0.25, -0.2) is 0 Å². The molecule has 0 saturated heterocycles. The van der Waals surface area contributed by atoms with Gasteiger partial charge in [0.2, 0.25) is 5.91 Å². The second kappa shape index (κ2) is 7.88. The molecule has 3 heterocycles. The number of hydrogen-bond acceptors (Lipinski definition) is 6. The molecule has 7 nitrogen and oxygen atoms in total. The maximum Gasteiger partial charge on any atom is 0.279 e. The molecular weight excluding hydrogens is 414 g/mol. The van der Waals surface area contributed by atoms with Gasteiger partial charge in [0, 0.05) is 23.9 Å². The summed E-state index contributed by atoms with van der Waals surface area (Å²) in [5.74, 6) is 1.06. The lowest BCUT2D eigenvalue weighted by Gasteiger charge is -2.26. The summed E-state index contributed by atoms with van der Waals surface area (Å²) in [5.41, 5.74) is 2.00. The summed E-state index contributed by atoms with van der Waals surface area (Å²) < 4.78 is 13.2. The second-order valence-electron chi connectivity index (χ2n) is 7.22. The smallest absolute Gasteiger partial charge is 0.279 e. The van der Waals surface area contributed by atoms with Gasteiger partial charge in [-0.3, -0.25) is 14.0 Å². The summed E-state index contributed by atoms with van der Waals surface area (Å²) in [4.78, 5) is 30.0. The van der Waals surface area contributed by atoms with Gasteiger partial charge in [-0.2, -0.15) is 4.98 Å². The molecule has 1 amide bonds. The van der Waals surface area contributed by atoms with E-state index < -0.39 is 5.92 Å². The van der Waals surface area contributed by atoms with Crippen LogP contribution in [-0.4, -0.2) is 22.4 Å². The predicted molar refractivity (Wildman–Crippen MR) is 118 cm³/mol. The van der Waals surface area contributed by atoms with E-state index in [1.807, 2.05) is 53.9 Å². The average Bonchev–Trinajstić information content (AvgIpc) is 3.26. The summed E-state index contributed by atoms with van der Waals surface area (Å²) >= 11 is 1.35. The van der Waals surface area contributed by atoms with Crippen LogP contribution in [0.5, 0.6) is 11.5 Å². The van der Waals surface area contributed by atoms with Crippen LogP contribution in [-0.2, 0) is 11.4 Å². The Morgan fingerprint density at radius 2 is 2.00 bits per heavy atom. The number of benzene rings is 2. The molecule has 1 N–H and O–H groups in total. The zero-order valence-corrected chi connectivity index (χ0v) is 17.5. The molecule has 1 atom stereocenters. The van der Waals surface area contributed by atoms with E-state index in [2.05, 4.69) is 10.3 Å². The van der Waals surface area contributed by atoms with Crippen LogP contribution < -0.4 is 20.3 Å². The van der Waals surface area contributed by atoms with Gasteiger partial charge < -0.3 is 14.8 Å². The minimum Gasteiger partial charge on any atom is -0.493 e. The molecule has 1 unspecified atom stereocenters. The molecule has 156 valence electrons. The number of fused-ring (bicyclic) bond motifs is 3. The number of thiazole rings is 1. The van der Waals surface area contributed by atoms with Crippen molar-refractivity contribution in [3.05, 3.63) is 87.2 Å². The summed E-state index contributed by atoms with van der Waals surface area (Å²) in [7, 11) is 1.57. The minimum absolute atomic E-state index is 0.147. The number of aromatic nitrogens is 2. The lowest BCUT2D eigenvalue weighted by Crippen LogP contribution is -2.31. The Kier molecular flexibility index (Phi) is 4.91. The fourth-order valence-electron chi connectivity index (χ4n) is 3.85. The van der Waals surface area contributed by atoms with Crippen molar-refractivity contribution < 1.29 is 14.3 Å². The third-order valence-electron chi connectivity index (χ3n) is 5.34. The highest BCUT2D eigenvalue weighted by Gasteiger charge is 2.32. The third-order valence-corrected chi connectivity index (χ3v) is 6.09. The molecule has 0 bridgehead atoms. The molecule has 31 heavy (non-hydrogen) atoms. The normalized spacial score (nSPS) is 15.4. The zero-order valence-electron chi connectivity index (χ0n) is 16.7. The van der Waals surface area contributed by atoms with Gasteiger partial charge in [-0.05, 0) is 23.3 Å². The van der Waals surface area contributed by atoms with Gasteiger partial charge in [0.1, 0.15) is 12.4 Å². The van der Waals surface area contributed by atoms with Crippen molar-refractivity contribution in [2.45, 2.75) is 18.9 Å². The molecule has 0 spiro atoms. The zero-order chi connectivity index (χ0) is 21.4. The van der Waals surface area contributed by atoms with E-state index in [9.17, 15) is 9.59 Å². The number of hydrogen-bond donors (Lipinski definition) is 1. The van der Waals surface area contributed by atoms with E-state index in [0.29, 0.717) is 34.4 Å². The lowest BCUT2D eigenvalue weighted by atomic mass is 9.86. The van der Waals surface area contributed by atoms with Gasteiger partial charge in [0.25, 0.3) is 5.56 Å². The Morgan fingerprint density at radius 1 is 1.16 bits per heavy atom. The molecule has 2 aromatic heterocycles. The van der Waals surface area contributed by atoms with E-state index in [1.165, 1.54) is 11.3 Å². The van der Waals surface area contributed by atoms with Crippen LogP contribution in [0.2, 0.25) is 0 Å². The molecule has 1 aliphatic rings. The fraction of sp³-hybridized carbons (Fsp3) is 0.174. The molecule has 0 radical (unpaired) electrons. The van der Waals surface area contributed by atoms with Crippen LogP contribution in [0.1, 0.15) is 29.0 Å². The van der Waals surface area contributed by atoms with Crippen LogP contribution in [0.3, 0.4) is 0 Å². The number of carbonyl (C=O) groups is 1. The van der Waals surface area contributed by atoms with Gasteiger partial charge in [-0.1, -0.05) is 36.4 Å². The number of ether oxygens (including phenoxy) is 2. The monoisotopic (exact) mass is 433 g/mol. The lowest BCUT2D eigenvalue weighted by molar-refractivity contribution is -0.116. The van der Waals surface area contributed by atoms with Crippen molar-refractivity contribution in [2.24, 2.45) is 0 Å². The summed E-state index contributed by atoms with van der Waals surface area (Å²) in [6, 6.07) is 15.4. The Balaban J connectivity index is 1.52. The van der Waals surface area contributed by atoms with E-state index in [4.69, 9.17) is 9.47 Å². The van der Waals surface area contributed by atoms with Crippen molar-refractivity contribution in [1.29, 1.82) is 0 Å². The van der Waals surface area contributed by atoms with Crippen molar-refractivity contribution in [2.75, 3.05) is 12.4 Å². The SMILES string of the molecule is COc1cc(C2CC(=O)Nc3c2c(=O)nc2sccn32)ccc1OCc1ccccc1. The van der Waals surface area contributed by atoms with Crippen LogP contribution >= 0.6 is 11.3 Å². The van der Waals surface area contributed by atoms with Crippen molar-refractivity contribution in [3.8, 4) is 11.5 Å². The maximum absolute atomic E-state index is 12.8. The van der Waals surface area contributed by atoms with Gasteiger partial charge in [0.15, 0.2) is 16.5 Å². The Bertz CT molecular complexity index is 1330. The molecule has 0 fully saturated rings. The van der Waals surface area contributed by atoms with Crippen LogP contribution in [0.25, 0.3) is 4.96 Å². The molecule has 1 aliphatic heterocycles. The molecule has 4 aromatic rings. The van der Waals surface area contributed by atoms with Crippen molar-refractivity contribution >= 4 is 28.0 Å². The number of methoxy groups -OCH3 is 1. The van der Waals surface area contributed by atoms with Gasteiger partial charge in [0.05, 0.1) is 12.7 Å². The van der Waals surface area contributed by atoms with Crippen molar-refractivity contribution in [1.82, 2.24) is 9.38 Å². The largest absolute Gasteiger partial charge is 0.493 e. The highest BCUT2D eigenvalue weighted by Crippen LogP contribution is 2.39. The number of carbonyl (C=O) groups excluding carboxylic acids is 1. The van der Waals surface area contributed by atoms with Gasteiger partial charge >= 0.3 is 0 Å². The molecule has 2 aromatic carbocycles. The Hall–Kier alpha value is -3.65. The summed E-state index contributed by atoms with van der Waals surface area (Å²) in [6.07, 6.45) is 1.96. The molecular formula is C23H19N3O4S. The van der Waals surface area contributed by atoms with E-state index in [-0.39, 0.29) is 17.9 Å². The summed E-state index contributed by atoms with van der Waals surface area (Å²) in [5, 5.41) is 4.68. The highest BCUT2D eigenvalue weighted by molar-refractivity contribution is 7.15.